The van der Waals surface area contributed by atoms with E-state index in [9.17, 15) is 4.79 Å². The summed E-state index contributed by atoms with van der Waals surface area (Å²) >= 11 is 0. The van der Waals surface area contributed by atoms with E-state index in [1.807, 2.05) is 39.0 Å². The molecule has 1 amide bonds. The number of aryl methyl sites for hydroxylation is 1. The van der Waals surface area contributed by atoms with Crippen LogP contribution in [0.4, 0.5) is 4.79 Å². The van der Waals surface area contributed by atoms with Crippen LogP contribution < -0.4 is 5.32 Å². The predicted molar refractivity (Wildman–Crippen MR) is 147 cm³/mol. The number of nitrogens with zero attached hydrogens (tertiary/aromatic N) is 3. The van der Waals surface area contributed by atoms with E-state index in [0.717, 1.165) is 43.1 Å². The van der Waals surface area contributed by atoms with Gasteiger partial charge in [-0.25, -0.2) is 4.79 Å². The van der Waals surface area contributed by atoms with Gasteiger partial charge in [-0.15, -0.1) is 0 Å². The smallest absolute Gasteiger partial charge is 0.408 e. The standard InChI is InChI=1S/C31H40N4O3/c1-21-10-12-22(13-11-21)18-28-33-29(38-34-28)24-19-25-14-15-26(20-24)35(25)17-16-27(23-8-6-5-7-9-23)32-30(36)37-31(2,3)4/h5-13,24-27H,14-20H2,1-4H3,(H,32,36)/t24?,25?,26?,27-/m0/s1. The molecule has 0 spiro atoms. The summed E-state index contributed by atoms with van der Waals surface area (Å²) in [4.78, 5) is 20.0. The molecular formula is C31H40N4O3. The number of nitrogens with one attached hydrogen (secondary N) is 1. The van der Waals surface area contributed by atoms with Crippen LogP contribution in [0.3, 0.4) is 0 Å². The Morgan fingerprint density at radius 1 is 1.08 bits per heavy atom. The van der Waals surface area contributed by atoms with Gasteiger partial charge in [0.1, 0.15) is 5.60 Å². The number of rotatable bonds is 8. The highest BCUT2D eigenvalue weighted by atomic mass is 16.6. The molecule has 2 saturated heterocycles. The fourth-order valence-electron chi connectivity index (χ4n) is 5.97. The lowest BCUT2D eigenvalue weighted by Crippen LogP contribution is -2.44. The Balaban J connectivity index is 1.20. The molecule has 7 heteroatoms. The Morgan fingerprint density at radius 3 is 2.42 bits per heavy atom. The van der Waals surface area contributed by atoms with Gasteiger partial charge in [0.25, 0.3) is 0 Å². The zero-order valence-electron chi connectivity index (χ0n) is 23.0. The van der Waals surface area contributed by atoms with Crippen molar-refractivity contribution in [2.75, 3.05) is 6.54 Å². The number of piperidine rings is 1. The van der Waals surface area contributed by atoms with E-state index in [0.29, 0.717) is 24.4 Å². The highest BCUT2D eigenvalue weighted by Gasteiger charge is 2.42. The molecule has 0 saturated carbocycles. The predicted octanol–water partition coefficient (Wildman–Crippen LogP) is 6.34. The van der Waals surface area contributed by atoms with Crippen molar-refractivity contribution in [3.8, 4) is 0 Å². The molecule has 202 valence electrons. The van der Waals surface area contributed by atoms with Gasteiger partial charge >= 0.3 is 6.09 Å². The van der Waals surface area contributed by atoms with Crippen molar-refractivity contribution in [2.45, 2.75) is 95.9 Å². The van der Waals surface area contributed by atoms with Crippen molar-refractivity contribution in [2.24, 2.45) is 0 Å². The number of carbonyl (C=O) groups excluding carboxylic acids is 1. The lowest BCUT2D eigenvalue weighted by molar-refractivity contribution is 0.0490. The molecular weight excluding hydrogens is 476 g/mol. The number of amides is 1. The van der Waals surface area contributed by atoms with Crippen LogP contribution in [0.1, 0.15) is 93.2 Å². The van der Waals surface area contributed by atoms with E-state index in [-0.39, 0.29) is 12.1 Å². The van der Waals surface area contributed by atoms with Crippen molar-refractivity contribution in [3.63, 3.8) is 0 Å². The SMILES string of the molecule is Cc1ccc(Cc2noc(C3CC4CCC(C3)N4CC[C@H](NC(=O)OC(C)(C)C)c3ccccc3)n2)cc1. The van der Waals surface area contributed by atoms with Crippen LogP contribution in [0.2, 0.25) is 0 Å². The number of hydrogen-bond acceptors (Lipinski definition) is 6. The van der Waals surface area contributed by atoms with Crippen molar-refractivity contribution in [1.82, 2.24) is 20.4 Å². The number of fused-ring (bicyclic) bond motifs is 2. The van der Waals surface area contributed by atoms with Gasteiger partial charge in [-0.3, -0.25) is 4.90 Å². The molecule has 2 bridgehead atoms. The summed E-state index contributed by atoms with van der Waals surface area (Å²) in [5.74, 6) is 1.86. The van der Waals surface area contributed by atoms with Gasteiger partial charge in [-0.1, -0.05) is 65.3 Å². The van der Waals surface area contributed by atoms with E-state index in [1.54, 1.807) is 0 Å². The average molecular weight is 517 g/mol. The van der Waals surface area contributed by atoms with Crippen LogP contribution in [0.25, 0.3) is 0 Å². The highest BCUT2D eigenvalue weighted by Crippen LogP contribution is 2.43. The Labute approximate surface area is 226 Å². The molecule has 5 rings (SSSR count). The van der Waals surface area contributed by atoms with Crippen LogP contribution in [0.5, 0.6) is 0 Å². The lowest BCUT2D eigenvalue weighted by atomic mass is 9.90. The maximum Gasteiger partial charge on any atom is 0.408 e. The maximum absolute atomic E-state index is 12.6. The average Bonchev–Trinajstić information content (AvgIpc) is 3.43. The molecule has 2 fully saturated rings. The molecule has 38 heavy (non-hydrogen) atoms. The van der Waals surface area contributed by atoms with Crippen molar-refractivity contribution in [3.05, 3.63) is 83.0 Å². The van der Waals surface area contributed by atoms with Crippen LogP contribution >= 0.6 is 0 Å². The first-order valence-corrected chi connectivity index (χ1v) is 13.9. The second-order valence-corrected chi connectivity index (χ2v) is 11.9. The highest BCUT2D eigenvalue weighted by molar-refractivity contribution is 5.68. The van der Waals surface area contributed by atoms with Crippen molar-refractivity contribution >= 4 is 6.09 Å². The Kier molecular flexibility index (Phi) is 7.84. The fourth-order valence-corrected chi connectivity index (χ4v) is 5.97. The first kappa shape index (κ1) is 26.4. The van der Waals surface area contributed by atoms with Crippen LogP contribution in [0.15, 0.2) is 59.1 Å². The van der Waals surface area contributed by atoms with E-state index in [1.165, 1.54) is 24.0 Å². The van der Waals surface area contributed by atoms with Crippen LogP contribution in [-0.4, -0.2) is 45.4 Å². The first-order chi connectivity index (χ1) is 18.2. The minimum absolute atomic E-state index is 0.0940. The van der Waals surface area contributed by atoms with Gasteiger partial charge in [-0.2, -0.15) is 4.98 Å². The number of aromatic nitrogens is 2. The largest absolute Gasteiger partial charge is 0.444 e. The van der Waals surface area contributed by atoms with Gasteiger partial charge in [0.15, 0.2) is 5.82 Å². The molecule has 1 aromatic heterocycles. The molecule has 3 atom stereocenters. The molecule has 0 radical (unpaired) electrons. The molecule has 2 unspecified atom stereocenters. The first-order valence-electron chi connectivity index (χ1n) is 13.9. The summed E-state index contributed by atoms with van der Waals surface area (Å²) in [7, 11) is 0. The number of benzene rings is 2. The summed E-state index contributed by atoms with van der Waals surface area (Å²) in [5.41, 5.74) is 3.03. The monoisotopic (exact) mass is 516 g/mol. The van der Waals surface area contributed by atoms with E-state index in [4.69, 9.17) is 14.2 Å². The molecule has 1 N–H and O–H groups in total. The minimum Gasteiger partial charge on any atom is -0.444 e. The maximum atomic E-state index is 12.6. The van der Waals surface area contributed by atoms with Gasteiger partial charge in [0, 0.05) is 31.0 Å². The third kappa shape index (κ3) is 6.62. The second kappa shape index (κ2) is 11.3. The van der Waals surface area contributed by atoms with E-state index < -0.39 is 5.60 Å². The number of hydrogen-bond donors (Lipinski definition) is 1. The Hall–Kier alpha value is -3.19. The number of alkyl carbamates (subject to hydrolysis) is 1. The molecule has 3 aromatic rings. The molecule has 0 aliphatic carbocycles. The van der Waals surface area contributed by atoms with Crippen LogP contribution in [-0.2, 0) is 11.2 Å². The normalized spacial score (nSPS) is 22.3. The number of carbonyl (C=O) groups is 1. The molecule has 3 heterocycles. The summed E-state index contributed by atoms with van der Waals surface area (Å²) < 4.78 is 11.3. The molecule has 2 aromatic carbocycles. The van der Waals surface area contributed by atoms with Gasteiger partial charge in [-0.05, 0) is 70.9 Å². The quantitative estimate of drug-likeness (QED) is 0.377. The zero-order chi connectivity index (χ0) is 26.7. The van der Waals surface area contributed by atoms with Crippen molar-refractivity contribution in [1.29, 1.82) is 0 Å². The Morgan fingerprint density at radius 2 is 1.76 bits per heavy atom. The minimum atomic E-state index is -0.527. The number of ether oxygens (including phenoxy) is 1. The molecule has 2 aliphatic rings. The Bertz CT molecular complexity index is 1190. The van der Waals surface area contributed by atoms with Gasteiger partial charge in [0.2, 0.25) is 5.89 Å². The fraction of sp³-hybridized carbons (Fsp3) is 0.516. The topological polar surface area (TPSA) is 80.5 Å². The third-order valence-corrected chi connectivity index (χ3v) is 7.77. The van der Waals surface area contributed by atoms with Crippen molar-refractivity contribution < 1.29 is 14.1 Å². The third-order valence-electron chi connectivity index (χ3n) is 7.77. The lowest BCUT2D eigenvalue weighted by Gasteiger charge is -2.38. The summed E-state index contributed by atoms with van der Waals surface area (Å²) in [6, 6.07) is 19.6. The molecule has 2 aliphatic heterocycles. The summed E-state index contributed by atoms with van der Waals surface area (Å²) in [5, 5.41) is 7.41. The summed E-state index contributed by atoms with van der Waals surface area (Å²) in [6.07, 6.45) is 5.63. The van der Waals surface area contributed by atoms with E-state index in [2.05, 4.69) is 58.7 Å². The van der Waals surface area contributed by atoms with E-state index >= 15 is 0 Å². The van der Waals surface area contributed by atoms with Crippen LogP contribution in [0, 0.1) is 6.92 Å². The van der Waals surface area contributed by atoms with Gasteiger partial charge in [0.05, 0.1) is 6.04 Å². The zero-order valence-corrected chi connectivity index (χ0v) is 23.0. The molecule has 7 nitrogen and oxygen atoms in total. The summed E-state index contributed by atoms with van der Waals surface area (Å²) in [6.45, 7) is 8.69. The van der Waals surface area contributed by atoms with Gasteiger partial charge < -0.3 is 14.6 Å². The second-order valence-electron chi connectivity index (χ2n) is 11.9.